The van der Waals surface area contributed by atoms with Crippen LogP contribution in [0.15, 0.2) is 76.4 Å². The fraction of sp³-hybridized carbons (Fsp3) is 0.130. The minimum atomic E-state index is -0.400. The molecular formula is C23H18BrFN4O2. The molecule has 0 saturated heterocycles. The van der Waals surface area contributed by atoms with E-state index in [1.54, 1.807) is 24.5 Å². The molecular weight excluding hydrogens is 463 g/mol. The van der Waals surface area contributed by atoms with Crippen LogP contribution in [0.3, 0.4) is 0 Å². The lowest BCUT2D eigenvalue weighted by molar-refractivity contribution is 0.337. The van der Waals surface area contributed by atoms with Crippen molar-refractivity contribution in [2.75, 3.05) is 6.61 Å². The van der Waals surface area contributed by atoms with E-state index in [9.17, 15) is 9.18 Å². The Morgan fingerprint density at radius 1 is 1.10 bits per heavy atom. The second kappa shape index (κ2) is 9.18. The van der Waals surface area contributed by atoms with Crippen LogP contribution in [0.25, 0.3) is 17.1 Å². The minimum absolute atomic E-state index is 0.184. The smallest absolute Gasteiger partial charge is 0.203 e. The maximum absolute atomic E-state index is 13.9. The van der Waals surface area contributed by atoms with Gasteiger partial charge in [-0.05, 0) is 46.6 Å². The van der Waals surface area contributed by atoms with E-state index in [4.69, 9.17) is 4.74 Å². The van der Waals surface area contributed by atoms with Crippen molar-refractivity contribution in [2.24, 2.45) is 0 Å². The Kier molecular flexibility index (Phi) is 6.18. The summed E-state index contributed by atoms with van der Waals surface area (Å²) in [7, 11) is 0. The number of ether oxygens (including phenoxy) is 1. The van der Waals surface area contributed by atoms with Crippen molar-refractivity contribution in [1.29, 1.82) is 0 Å². The van der Waals surface area contributed by atoms with Gasteiger partial charge in [-0.3, -0.25) is 4.79 Å². The number of hydrogen-bond donors (Lipinski definition) is 0. The summed E-state index contributed by atoms with van der Waals surface area (Å²) in [5.41, 5.74) is 2.41. The topological polar surface area (TPSA) is 69.9 Å². The van der Waals surface area contributed by atoms with Gasteiger partial charge in [0.15, 0.2) is 11.6 Å². The van der Waals surface area contributed by atoms with Crippen molar-refractivity contribution in [1.82, 2.24) is 19.7 Å². The predicted octanol–water partition coefficient (Wildman–Crippen LogP) is 4.58. The minimum Gasteiger partial charge on any atom is -0.491 e. The van der Waals surface area contributed by atoms with Gasteiger partial charge in [0.05, 0.1) is 29.2 Å². The van der Waals surface area contributed by atoms with Crippen LogP contribution in [0.4, 0.5) is 4.39 Å². The SMILES string of the molecule is CCOc1cnc(-c2cccc(Cc3nn(-c4ccc(Br)c(F)c4)ccc3=O)c2)nc1. The van der Waals surface area contributed by atoms with Gasteiger partial charge in [0.2, 0.25) is 5.43 Å². The lowest BCUT2D eigenvalue weighted by atomic mass is 10.1. The Bertz CT molecular complexity index is 1280. The highest BCUT2D eigenvalue weighted by atomic mass is 79.9. The lowest BCUT2D eigenvalue weighted by Crippen LogP contribution is -2.16. The van der Waals surface area contributed by atoms with Gasteiger partial charge in [-0.15, -0.1) is 0 Å². The van der Waals surface area contributed by atoms with Gasteiger partial charge < -0.3 is 4.74 Å². The fourth-order valence-electron chi connectivity index (χ4n) is 3.06. The Balaban J connectivity index is 1.61. The molecule has 8 heteroatoms. The van der Waals surface area contributed by atoms with Crippen LogP contribution in [0, 0.1) is 5.82 Å². The number of rotatable bonds is 6. The van der Waals surface area contributed by atoms with Gasteiger partial charge in [-0.1, -0.05) is 18.2 Å². The van der Waals surface area contributed by atoms with Gasteiger partial charge in [0.25, 0.3) is 0 Å². The van der Waals surface area contributed by atoms with Gasteiger partial charge in [0, 0.05) is 30.3 Å². The highest BCUT2D eigenvalue weighted by molar-refractivity contribution is 9.10. The Hall–Kier alpha value is -3.39. The molecule has 0 atom stereocenters. The van der Waals surface area contributed by atoms with Gasteiger partial charge >= 0.3 is 0 Å². The van der Waals surface area contributed by atoms with Crippen LogP contribution in [0.5, 0.6) is 5.75 Å². The monoisotopic (exact) mass is 480 g/mol. The summed E-state index contributed by atoms with van der Waals surface area (Å²) in [5.74, 6) is 0.775. The molecule has 2 aromatic carbocycles. The van der Waals surface area contributed by atoms with Crippen molar-refractivity contribution < 1.29 is 9.13 Å². The van der Waals surface area contributed by atoms with E-state index < -0.39 is 5.82 Å². The first-order valence-corrected chi connectivity index (χ1v) is 10.4. The van der Waals surface area contributed by atoms with Crippen LogP contribution in [0.1, 0.15) is 18.2 Å². The first-order valence-electron chi connectivity index (χ1n) is 9.62. The molecule has 0 unspecified atom stereocenters. The standard InChI is InChI=1S/C23H18BrFN4O2/c1-2-31-18-13-26-23(27-14-18)16-5-3-4-15(10-16)11-21-22(30)8-9-29(28-21)17-6-7-19(24)20(25)12-17/h3-10,12-14H,2,11H2,1H3. The molecule has 0 aliphatic carbocycles. The van der Waals surface area contributed by atoms with Crippen molar-refractivity contribution in [3.8, 4) is 22.8 Å². The van der Waals surface area contributed by atoms with E-state index in [1.165, 1.54) is 23.0 Å². The van der Waals surface area contributed by atoms with E-state index in [1.807, 2.05) is 31.2 Å². The van der Waals surface area contributed by atoms with Crippen molar-refractivity contribution in [3.63, 3.8) is 0 Å². The molecule has 0 fully saturated rings. The van der Waals surface area contributed by atoms with E-state index >= 15 is 0 Å². The molecule has 6 nitrogen and oxygen atoms in total. The lowest BCUT2D eigenvalue weighted by Gasteiger charge is -2.09. The van der Waals surface area contributed by atoms with Crippen LogP contribution in [0.2, 0.25) is 0 Å². The van der Waals surface area contributed by atoms with E-state index in [0.29, 0.717) is 40.5 Å². The molecule has 0 radical (unpaired) electrons. The van der Waals surface area contributed by atoms with Crippen LogP contribution >= 0.6 is 15.9 Å². The van der Waals surface area contributed by atoms with Crippen LogP contribution < -0.4 is 10.2 Å². The third-order valence-electron chi connectivity index (χ3n) is 4.54. The summed E-state index contributed by atoms with van der Waals surface area (Å²) in [5, 5.41) is 4.42. The average Bonchev–Trinajstić information content (AvgIpc) is 2.78. The summed E-state index contributed by atoms with van der Waals surface area (Å²) >= 11 is 3.14. The second-order valence-corrected chi connectivity index (χ2v) is 7.58. The molecule has 156 valence electrons. The van der Waals surface area contributed by atoms with Gasteiger partial charge in [-0.2, -0.15) is 5.10 Å². The molecule has 0 saturated carbocycles. The Morgan fingerprint density at radius 3 is 2.65 bits per heavy atom. The quantitative estimate of drug-likeness (QED) is 0.403. The number of hydrogen-bond acceptors (Lipinski definition) is 5. The van der Waals surface area contributed by atoms with E-state index in [0.717, 1.165) is 11.1 Å². The van der Waals surface area contributed by atoms with Gasteiger partial charge in [-0.25, -0.2) is 19.0 Å². The summed E-state index contributed by atoms with van der Waals surface area (Å²) in [6.45, 7) is 2.45. The maximum atomic E-state index is 13.9. The molecule has 0 amide bonds. The van der Waals surface area contributed by atoms with Crippen molar-refractivity contribution in [2.45, 2.75) is 13.3 Å². The number of nitrogens with zero attached hydrogens (tertiary/aromatic N) is 4. The zero-order chi connectivity index (χ0) is 21.8. The molecule has 2 aromatic heterocycles. The largest absolute Gasteiger partial charge is 0.491 e. The molecule has 4 rings (SSSR count). The number of benzene rings is 2. The van der Waals surface area contributed by atoms with E-state index in [2.05, 4.69) is 31.0 Å². The fourth-order valence-corrected chi connectivity index (χ4v) is 3.31. The predicted molar refractivity (Wildman–Crippen MR) is 119 cm³/mol. The molecule has 0 spiro atoms. The molecule has 0 bridgehead atoms. The molecule has 0 N–H and O–H groups in total. The maximum Gasteiger partial charge on any atom is 0.203 e. The zero-order valence-electron chi connectivity index (χ0n) is 16.6. The van der Waals surface area contributed by atoms with Crippen molar-refractivity contribution >= 4 is 15.9 Å². The summed E-state index contributed by atoms with van der Waals surface area (Å²) in [4.78, 5) is 21.1. The molecule has 31 heavy (non-hydrogen) atoms. The number of aromatic nitrogens is 4. The first-order chi connectivity index (χ1) is 15.0. The van der Waals surface area contributed by atoms with Crippen molar-refractivity contribution in [3.05, 3.63) is 98.9 Å². The third-order valence-corrected chi connectivity index (χ3v) is 5.19. The zero-order valence-corrected chi connectivity index (χ0v) is 18.2. The van der Waals surface area contributed by atoms with E-state index in [-0.39, 0.29) is 5.43 Å². The molecule has 0 aliphatic heterocycles. The first kappa shape index (κ1) is 20.9. The summed E-state index contributed by atoms with van der Waals surface area (Å²) in [6.07, 6.45) is 5.11. The Morgan fingerprint density at radius 2 is 1.90 bits per heavy atom. The van der Waals surface area contributed by atoms with Crippen LogP contribution in [-0.2, 0) is 6.42 Å². The molecule has 2 heterocycles. The normalized spacial score (nSPS) is 10.8. The highest BCUT2D eigenvalue weighted by Crippen LogP contribution is 2.20. The highest BCUT2D eigenvalue weighted by Gasteiger charge is 2.09. The number of halogens is 2. The van der Waals surface area contributed by atoms with Crippen LogP contribution in [-0.4, -0.2) is 26.4 Å². The second-order valence-electron chi connectivity index (χ2n) is 6.72. The third kappa shape index (κ3) is 4.86. The summed E-state index contributed by atoms with van der Waals surface area (Å²) < 4.78 is 21.1. The Labute approximate surface area is 186 Å². The summed E-state index contributed by atoms with van der Waals surface area (Å²) in [6, 6.07) is 13.7. The average molecular weight is 481 g/mol. The van der Waals surface area contributed by atoms with Gasteiger partial charge in [0.1, 0.15) is 11.5 Å². The molecule has 0 aliphatic rings. The molecule has 4 aromatic rings.